The zero-order valence-corrected chi connectivity index (χ0v) is 10.7. The van der Waals surface area contributed by atoms with E-state index < -0.39 is 0 Å². The predicted octanol–water partition coefficient (Wildman–Crippen LogP) is 1.14. The SMILES string of the molecule is CCN(CCN1CCC(CCN)C1)C1CC1. The second-order valence-electron chi connectivity index (χ2n) is 5.39. The van der Waals surface area contributed by atoms with Gasteiger partial charge in [-0.1, -0.05) is 6.92 Å². The average Bonchev–Trinajstić information content (AvgIpc) is 3.02. The molecule has 1 aliphatic carbocycles. The summed E-state index contributed by atoms with van der Waals surface area (Å²) < 4.78 is 0. The van der Waals surface area contributed by atoms with Gasteiger partial charge in [-0.3, -0.25) is 4.90 Å². The van der Waals surface area contributed by atoms with Crippen LogP contribution in [0.5, 0.6) is 0 Å². The summed E-state index contributed by atoms with van der Waals surface area (Å²) in [5, 5.41) is 0. The summed E-state index contributed by atoms with van der Waals surface area (Å²) in [7, 11) is 0. The molecule has 16 heavy (non-hydrogen) atoms. The van der Waals surface area contributed by atoms with Crippen molar-refractivity contribution in [2.75, 3.05) is 39.3 Å². The molecule has 1 saturated heterocycles. The van der Waals surface area contributed by atoms with E-state index in [-0.39, 0.29) is 0 Å². The second-order valence-corrected chi connectivity index (χ2v) is 5.39. The van der Waals surface area contributed by atoms with Gasteiger partial charge >= 0.3 is 0 Å². The Balaban J connectivity index is 1.62. The van der Waals surface area contributed by atoms with Crippen LogP contribution in [0, 0.1) is 5.92 Å². The summed E-state index contributed by atoms with van der Waals surface area (Å²) in [4.78, 5) is 5.28. The largest absolute Gasteiger partial charge is 0.330 e. The summed E-state index contributed by atoms with van der Waals surface area (Å²) in [5.74, 6) is 0.876. The molecule has 0 amide bonds. The van der Waals surface area contributed by atoms with Crippen molar-refractivity contribution in [2.45, 2.75) is 38.6 Å². The molecule has 2 N–H and O–H groups in total. The average molecular weight is 225 g/mol. The minimum atomic E-state index is 0.863. The fourth-order valence-corrected chi connectivity index (χ4v) is 2.90. The lowest BCUT2D eigenvalue weighted by molar-refractivity contribution is 0.221. The molecule has 3 heteroatoms. The Hall–Kier alpha value is -0.120. The van der Waals surface area contributed by atoms with Crippen LogP contribution >= 0.6 is 0 Å². The Bertz CT molecular complexity index is 203. The lowest BCUT2D eigenvalue weighted by atomic mass is 10.1. The predicted molar refractivity (Wildman–Crippen MR) is 68.5 cm³/mol. The summed E-state index contributed by atoms with van der Waals surface area (Å²) in [6.45, 7) is 9.51. The highest BCUT2D eigenvalue weighted by molar-refractivity contribution is 4.85. The van der Waals surface area contributed by atoms with Gasteiger partial charge in [0.2, 0.25) is 0 Å². The van der Waals surface area contributed by atoms with E-state index in [0.29, 0.717) is 0 Å². The van der Waals surface area contributed by atoms with E-state index in [1.54, 1.807) is 0 Å². The van der Waals surface area contributed by atoms with E-state index in [0.717, 1.165) is 18.5 Å². The highest BCUT2D eigenvalue weighted by Crippen LogP contribution is 2.26. The Morgan fingerprint density at radius 2 is 2.12 bits per heavy atom. The van der Waals surface area contributed by atoms with E-state index in [4.69, 9.17) is 5.73 Å². The molecule has 3 nitrogen and oxygen atoms in total. The van der Waals surface area contributed by atoms with Crippen molar-refractivity contribution in [2.24, 2.45) is 11.7 Å². The third-order valence-corrected chi connectivity index (χ3v) is 4.12. The maximum absolute atomic E-state index is 5.62. The topological polar surface area (TPSA) is 32.5 Å². The first kappa shape index (κ1) is 12.3. The molecule has 0 aromatic rings. The van der Waals surface area contributed by atoms with E-state index in [1.165, 1.54) is 58.4 Å². The third kappa shape index (κ3) is 3.44. The first-order valence-electron chi connectivity index (χ1n) is 7.00. The molecule has 2 aliphatic rings. The van der Waals surface area contributed by atoms with Gasteiger partial charge in [0.25, 0.3) is 0 Å². The molecule has 1 saturated carbocycles. The molecule has 2 fully saturated rings. The highest BCUT2D eigenvalue weighted by Gasteiger charge is 2.28. The summed E-state index contributed by atoms with van der Waals surface area (Å²) in [6.07, 6.45) is 5.46. The lowest BCUT2D eigenvalue weighted by Gasteiger charge is -2.23. The minimum absolute atomic E-state index is 0.863. The van der Waals surface area contributed by atoms with Gasteiger partial charge in [-0.2, -0.15) is 0 Å². The maximum atomic E-state index is 5.62. The number of nitrogens with two attached hydrogens (primary N) is 1. The van der Waals surface area contributed by atoms with Gasteiger partial charge in [0.15, 0.2) is 0 Å². The molecule has 0 aromatic carbocycles. The van der Waals surface area contributed by atoms with Crippen molar-refractivity contribution in [3.05, 3.63) is 0 Å². The van der Waals surface area contributed by atoms with Crippen molar-refractivity contribution in [3.63, 3.8) is 0 Å². The Labute approximate surface area is 100.0 Å². The van der Waals surface area contributed by atoms with Gasteiger partial charge in [-0.05, 0) is 51.2 Å². The van der Waals surface area contributed by atoms with Crippen molar-refractivity contribution in [3.8, 4) is 0 Å². The van der Waals surface area contributed by atoms with Crippen LogP contribution in [-0.2, 0) is 0 Å². The summed E-state index contributed by atoms with van der Waals surface area (Å²) in [5.41, 5.74) is 5.62. The zero-order chi connectivity index (χ0) is 11.4. The number of nitrogens with zero attached hydrogens (tertiary/aromatic N) is 2. The fraction of sp³-hybridized carbons (Fsp3) is 1.00. The number of rotatable bonds is 7. The molecular formula is C13H27N3. The zero-order valence-electron chi connectivity index (χ0n) is 10.7. The standard InChI is InChI=1S/C13H27N3/c1-2-16(13-3-4-13)10-9-15-8-6-12(11-15)5-7-14/h12-13H,2-11,14H2,1H3. The normalized spacial score (nSPS) is 26.8. The van der Waals surface area contributed by atoms with E-state index >= 15 is 0 Å². The van der Waals surface area contributed by atoms with Crippen LogP contribution in [0.25, 0.3) is 0 Å². The molecule has 1 atom stereocenters. The Kier molecular flexibility index (Phi) is 4.62. The van der Waals surface area contributed by atoms with Gasteiger partial charge in [0, 0.05) is 25.7 Å². The van der Waals surface area contributed by atoms with Crippen LogP contribution in [0.2, 0.25) is 0 Å². The maximum Gasteiger partial charge on any atom is 0.0112 e. The van der Waals surface area contributed by atoms with Crippen molar-refractivity contribution < 1.29 is 0 Å². The first-order valence-corrected chi connectivity index (χ1v) is 7.00. The van der Waals surface area contributed by atoms with Gasteiger partial charge in [0.05, 0.1) is 0 Å². The van der Waals surface area contributed by atoms with Crippen LogP contribution in [0.15, 0.2) is 0 Å². The Morgan fingerprint density at radius 1 is 1.31 bits per heavy atom. The first-order chi connectivity index (χ1) is 7.83. The van der Waals surface area contributed by atoms with Crippen molar-refractivity contribution in [1.29, 1.82) is 0 Å². The minimum Gasteiger partial charge on any atom is -0.330 e. The molecular weight excluding hydrogens is 198 g/mol. The van der Waals surface area contributed by atoms with Gasteiger partial charge < -0.3 is 10.6 Å². The highest BCUT2D eigenvalue weighted by atomic mass is 15.2. The molecule has 1 unspecified atom stereocenters. The monoisotopic (exact) mass is 225 g/mol. The lowest BCUT2D eigenvalue weighted by Crippen LogP contribution is -2.35. The fourth-order valence-electron chi connectivity index (χ4n) is 2.90. The smallest absolute Gasteiger partial charge is 0.0112 e. The van der Waals surface area contributed by atoms with Crippen LogP contribution in [-0.4, -0.2) is 55.1 Å². The quantitative estimate of drug-likeness (QED) is 0.705. The summed E-state index contributed by atoms with van der Waals surface area (Å²) in [6, 6.07) is 0.924. The number of hydrogen-bond donors (Lipinski definition) is 1. The van der Waals surface area contributed by atoms with E-state index in [2.05, 4.69) is 16.7 Å². The molecule has 1 aliphatic heterocycles. The van der Waals surface area contributed by atoms with E-state index in [1.807, 2.05) is 0 Å². The molecule has 0 aromatic heterocycles. The van der Waals surface area contributed by atoms with Crippen LogP contribution in [0.4, 0.5) is 0 Å². The molecule has 0 spiro atoms. The van der Waals surface area contributed by atoms with Crippen LogP contribution in [0.3, 0.4) is 0 Å². The van der Waals surface area contributed by atoms with Crippen LogP contribution < -0.4 is 5.73 Å². The Morgan fingerprint density at radius 3 is 2.75 bits per heavy atom. The van der Waals surface area contributed by atoms with Crippen molar-refractivity contribution >= 4 is 0 Å². The molecule has 94 valence electrons. The number of hydrogen-bond acceptors (Lipinski definition) is 3. The van der Waals surface area contributed by atoms with E-state index in [9.17, 15) is 0 Å². The molecule has 0 bridgehead atoms. The second kappa shape index (κ2) is 5.99. The van der Waals surface area contributed by atoms with Gasteiger partial charge in [0.1, 0.15) is 0 Å². The van der Waals surface area contributed by atoms with Crippen LogP contribution in [0.1, 0.15) is 32.6 Å². The number of likely N-dealkylation sites (tertiary alicyclic amines) is 1. The van der Waals surface area contributed by atoms with Crippen molar-refractivity contribution in [1.82, 2.24) is 9.80 Å². The molecule has 2 rings (SSSR count). The van der Waals surface area contributed by atoms with Gasteiger partial charge in [-0.25, -0.2) is 0 Å². The molecule has 1 heterocycles. The number of likely N-dealkylation sites (N-methyl/N-ethyl adjacent to an activating group) is 1. The van der Waals surface area contributed by atoms with Gasteiger partial charge in [-0.15, -0.1) is 0 Å². The molecule has 0 radical (unpaired) electrons. The summed E-state index contributed by atoms with van der Waals surface area (Å²) >= 11 is 0. The third-order valence-electron chi connectivity index (χ3n) is 4.12.